The molecule has 2 N–H and O–H groups in total. The summed E-state index contributed by atoms with van der Waals surface area (Å²) in [5, 5.41) is 11.5. The van der Waals surface area contributed by atoms with E-state index in [0.29, 0.717) is 12.3 Å². The maximum absolute atomic E-state index is 8.97. The van der Waals surface area contributed by atoms with E-state index >= 15 is 0 Å². The number of allylic oxidation sites excluding steroid dienone is 1. The van der Waals surface area contributed by atoms with Crippen LogP contribution >= 0.6 is 0 Å². The Bertz CT molecular complexity index is 116. The van der Waals surface area contributed by atoms with Crippen LogP contribution in [0.25, 0.3) is 0 Å². The van der Waals surface area contributed by atoms with E-state index in [9.17, 15) is 0 Å². The highest BCUT2D eigenvalue weighted by atomic mass is 16.7. The van der Waals surface area contributed by atoms with E-state index in [2.05, 4.69) is 11.9 Å². The Hall–Kier alpha value is -0.580. The number of hydrogen-bond donors (Lipinski definition) is 2. The number of ether oxygens (including phenoxy) is 2. The molecule has 0 aliphatic carbocycles. The molecule has 0 amide bonds. The summed E-state index contributed by atoms with van der Waals surface area (Å²) in [7, 11) is 0. The van der Waals surface area contributed by atoms with Gasteiger partial charge in [0.25, 0.3) is 0 Å². The number of aliphatic hydroxyl groups is 1. The lowest BCUT2D eigenvalue weighted by Gasteiger charge is -2.13. The standard InChI is InChI=1S/C7H15NO3/c1-4-10-5-11-7(9)8-6(2)3/h7-9H,2,4-5H2,1,3H3. The van der Waals surface area contributed by atoms with Crippen LogP contribution in [0.1, 0.15) is 13.8 Å². The fourth-order valence-electron chi connectivity index (χ4n) is 0.448. The van der Waals surface area contributed by atoms with Crippen LogP contribution in [-0.4, -0.2) is 24.9 Å². The Morgan fingerprint density at radius 3 is 2.82 bits per heavy atom. The van der Waals surface area contributed by atoms with Crippen molar-refractivity contribution in [2.24, 2.45) is 0 Å². The summed E-state index contributed by atoms with van der Waals surface area (Å²) in [4.78, 5) is 0. The van der Waals surface area contributed by atoms with Crippen molar-refractivity contribution < 1.29 is 14.6 Å². The quantitative estimate of drug-likeness (QED) is 0.437. The average molecular weight is 161 g/mol. The molecule has 0 heterocycles. The number of aliphatic hydroxyl groups excluding tert-OH is 1. The van der Waals surface area contributed by atoms with E-state index < -0.39 is 6.41 Å². The average Bonchev–Trinajstić information content (AvgIpc) is 1.86. The third-order valence-electron chi connectivity index (χ3n) is 0.883. The summed E-state index contributed by atoms with van der Waals surface area (Å²) in [6.07, 6.45) is -1.03. The molecular weight excluding hydrogens is 146 g/mol. The molecule has 0 saturated heterocycles. The van der Waals surface area contributed by atoms with Crippen molar-refractivity contribution >= 4 is 0 Å². The lowest BCUT2D eigenvalue weighted by molar-refractivity contribution is -0.177. The first kappa shape index (κ1) is 10.4. The minimum atomic E-state index is -1.03. The van der Waals surface area contributed by atoms with Gasteiger partial charge in [-0.2, -0.15) is 0 Å². The van der Waals surface area contributed by atoms with Crippen molar-refractivity contribution in [3.05, 3.63) is 12.3 Å². The molecule has 0 bridgehead atoms. The van der Waals surface area contributed by atoms with Crippen molar-refractivity contribution in [3.8, 4) is 0 Å². The highest BCUT2D eigenvalue weighted by Gasteiger charge is 1.99. The number of nitrogens with one attached hydrogen (secondary N) is 1. The predicted octanol–water partition coefficient (Wildman–Crippen LogP) is 0.396. The van der Waals surface area contributed by atoms with E-state index in [1.807, 2.05) is 6.92 Å². The maximum Gasteiger partial charge on any atom is 0.237 e. The topological polar surface area (TPSA) is 50.7 Å². The first-order chi connectivity index (χ1) is 5.16. The minimum absolute atomic E-state index is 0.0813. The molecule has 1 unspecified atom stereocenters. The summed E-state index contributed by atoms with van der Waals surface area (Å²) >= 11 is 0. The normalized spacial score (nSPS) is 12.6. The SMILES string of the molecule is C=C(C)NC(O)OCOCC. The van der Waals surface area contributed by atoms with Gasteiger partial charge in [-0.25, -0.2) is 0 Å². The predicted molar refractivity (Wildman–Crippen MR) is 41.5 cm³/mol. The Balaban J connectivity index is 3.22. The monoisotopic (exact) mass is 161 g/mol. The van der Waals surface area contributed by atoms with Gasteiger partial charge in [-0.15, -0.1) is 0 Å². The molecular formula is C7H15NO3. The van der Waals surface area contributed by atoms with Crippen LogP contribution in [0.5, 0.6) is 0 Å². The van der Waals surface area contributed by atoms with Crippen LogP contribution in [0.15, 0.2) is 12.3 Å². The molecule has 11 heavy (non-hydrogen) atoms. The second-order valence-corrected chi connectivity index (χ2v) is 2.05. The summed E-state index contributed by atoms with van der Waals surface area (Å²) in [5.74, 6) is 0. The molecule has 4 heteroatoms. The van der Waals surface area contributed by atoms with Crippen LogP contribution in [0.4, 0.5) is 0 Å². The first-order valence-corrected chi connectivity index (χ1v) is 3.46. The maximum atomic E-state index is 8.97. The Morgan fingerprint density at radius 1 is 1.73 bits per heavy atom. The molecule has 0 radical (unpaired) electrons. The van der Waals surface area contributed by atoms with E-state index in [4.69, 9.17) is 14.6 Å². The van der Waals surface area contributed by atoms with Gasteiger partial charge in [-0.3, -0.25) is 0 Å². The lowest BCUT2D eigenvalue weighted by atomic mass is 10.6. The van der Waals surface area contributed by atoms with Gasteiger partial charge >= 0.3 is 0 Å². The van der Waals surface area contributed by atoms with Gasteiger partial charge in [0.15, 0.2) is 6.79 Å². The Labute approximate surface area is 66.8 Å². The molecule has 0 fully saturated rings. The third-order valence-corrected chi connectivity index (χ3v) is 0.883. The van der Waals surface area contributed by atoms with Crippen LogP contribution in [0.3, 0.4) is 0 Å². The van der Waals surface area contributed by atoms with Crippen molar-refractivity contribution in [2.75, 3.05) is 13.4 Å². The van der Waals surface area contributed by atoms with Gasteiger partial charge in [-0.1, -0.05) is 6.58 Å². The molecule has 0 rings (SSSR count). The molecule has 1 atom stereocenters. The van der Waals surface area contributed by atoms with Crippen LogP contribution in [0.2, 0.25) is 0 Å². The zero-order valence-electron chi connectivity index (χ0n) is 6.96. The van der Waals surface area contributed by atoms with Gasteiger partial charge in [0.1, 0.15) is 0 Å². The van der Waals surface area contributed by atoms with E-state index in [1.54, 1.807) is 6.92 Å². The van der Waals surface area contributed by atoms with Crippen molar-refractivity contribution in [1.29, 1.82) is 0 Å². The summed E-state index contributed by atoms with van der Waals surface area (Å²) in [5.41, 5.74) is 0.647. The van der Waals surface area contributed by atoms with Crippen molar-refractivity contribution in [3.63, 3.8) is 0 Å². The van der Waals surface area contributed by atoms with E-state index in [1.165, 1.54) is 0 Å². The molecule has 0 aromatic carbocycles. The summed E-state index contributed by atoms with van der Waals surface area (Å²) in [6.45, 7) is 7.76. The molecule has 0 aromatic rings. The second-order valence-electron chi connectivity index (χ2n) is 2.05. The van der Waals surface area contributed by atoms with Gasteiger partial charge in [-0.05, 0) is 13.8 Å². The highest BCUT2D eigenvalue weighted by molar-refractivity contribution is 4.83. The van der Waals surface area contributed by atoms with Crippen molar-refractivity contribution in [2.45, 2.75) is 20.3 Å². The Morgan fingerprint density at radius 2 is 2.36 bits per heavy atom. The fourth-order valence-corrected chi connectivity index (χ4v) is 0.448. The first-order valence-electron chi connectivity index (χ1n) is 3.46. The second kappa shape index (κ2) is 6.15. The van der Waals surface area contributed by atoms with Crippen molar-refractivity contribution in [1.82, 2.24) is 5.32 Å². The smallest absolute Gasteiger partial charge is 0.237 e. The van der Waals surface area contributed by atoms with Gasteiger partial charge in [0.05, 0.1) is 0 Å². The molecule has 66 valence electrons. The largest absolute Gasteiger partial charge is 0.356 e. The van der Waals surface area contributed by atoms with Crippen LogP contribution < -0.4 is 5.32 Å². The minimum Gasteiger partial charge on any atom is -0.356 e. The number of rotatable bonds is 6. The molecule has 0 aromatic heterocycles. The van der Waals surface area contributed by atoms with E-state index in [0.717, 1.165) is 0 Å². The number of hydrogen-bond acceptors (Lipinski definition) is 4. The molecule has 4 nitrogen and oxygen atoms in total. The molecule has 0 saturated carbocycles. The third kappa shape index (κ3) is 7.32. The zero-order valence-corrected chi connectivity index (χ0v) is 6.96. The van der Waals surface area contributed by atoms with Crippen LogP contribution in [-0.2, 0) is 9.47 Å². The van der Waals surface area contributed by atoms with Gasteiger partial charge < -0.3 is 19.9 Å². The lowest BCUT2D eigenvalue weighted by Crippen LogP contribution is -2.30. The highest BCUT2D eigenvalue weighted by Crippen LogP contribution is 1.87. The summed E-state index contributed by atoms with van der Waals surface area (Å²) in [6, 6.07) is 0. The van der Waals surface area contributed by atoms with Gasteiger partial charge in [0, 0.05) is 12.3 Å². The van der Waals surface area contributed by atoms with Gasteiger partial charge in [0.2, 0.25) is 6.41 Å². The van der Waals surface area contributed by atoms with E-state index in [-0.39, 0.29) is 6.79 Å². The van der Waals surface area contributed by atoms with Crippen LogP contribution in [0, 0.1) is 0 Å². The fraction of sp³-hybridized carbons (Fsp3) is 0.714. The Kier molecular flexibility index (Phi) is 5.83. The summed E-state index contributed by atoms with van der Waals surface area (Å²) < 4.78 is 9.59. The zero-order chi connectivity index (χ0) is 8.69. The molecule has 0 aliphatic rings. The molecule has 0 spiro atoms. The molecule has 0 aliphatic heterocycles.